The second kappa shape index (κ2) is 11.1. The van der Waals surface area contributed by atoms with Crippen LogP contribution in [0.5, 0.6) is 0 Å². The van der Waals surface area contributed by atoms with Crippen molar-refractivity contribution in [3.05, 3.63) is 18.8 Å². The maximum atomic E-state index is 11.9. The fraction of sp³-hybridized carbons (Fsp3) is 0.333. The molecule has 25 heavy (non-hydrogen) atoms. The number of rotatable bonds is 5. The van der Waals surface area contributed by atoms with Crippen LogP contribution in [0, 0.1) is 5.92 Å². The second-order valence-electron chi connectivity index (χ2n) is 4.39. The summed E-state index contributed by atoms with van der Waals surface area (Å²) in [5.74, 6) is -5.14. The molecular weight excluding hydrogens is 722 g/mol. The maximum Gasteiger partial charge on any atom is 0.337 e. The van der Waals surface area contributed by atoms with Gasteiger partial charge in [0.1, 0.15) is 9.46 Å². The van der Waals surface area contributed by atoms with E-state index in [1.165, 1.54) is 6.08 Å². The number of hydrogen-bond donors (Lipinski definition) is 3. The van der Waals surface area contributed by atoms with Gasteiger partial charge in [-0.15, -0.1) is 24.8 Å². The van der Waals surface area contributed by atoms with Gasteiger partial charge >= 0.3 is 17.9 Å². The van der Waals surface area contributed by atoms with Crippen LogP contribution in [0.3, 0.4) is 0 Å². The van der Waals surface area contributed by atoms with Crippen molar-refractivity contribution in [1.82, 2.24) is 5.32 Å². The highest BCUT2D eigenvalue weighted by atomic mass is 127. The minimum Gasteiger partial charge on any atom is -0.481 e. The highest BCUT2D eigenvalue weighted by Crippen LogP contribution is 2.45. The zero-order valence-electron chi connectivity index (χ0n) is 12.2. The summed E-state index contributed by atoms with van der Waals surface area (Å²) < 4.78 is 3.58. The first-order chi connectivity index (χ1) is 10.5. The molecule has 0 saturated heterocycles. The molecule has 0 aliphatic heterocycles. The number of carbonyl (C=O) groups excluding carboxylic acids is 2. The number of carboxylic acid groups (broad SMARTS) is 2. The first-order valence-corrected chi connectivity index (χ1v) is 9.11. The van der Waals surface area contributed by atoms with Gasteiger partial charge in [0.15, 0.2) is 6.61 Å². The molecule has 0 aromatic carbocycles. The van der Waals surface area contributed by atoms with E-state index < -0.39 is 39.9 Å². The predicted molar refractivity (Wildman–Crippen MR) is 118 cm³/mol. The summed E-state index contributed by atoms with van der Waals surface area (Å²) in [6, 6.07) is 0. The molecule has 142 valence electrons. The SMILES string of the molecule is CC(=O)OCC(=O)NC1(I)C=C(I)C(C(=O)O)=C(I)C1C(=O)O.Cl.Cl. The summed E-state index contributed by atoms with van der Waals surface area (Å²) in [7, 11) is 0. The van der Waals surface area contributed by atoms with Crippen LogP contribution in [0.15, 0.2) is 18.8 Å². The molecule has 2 atom stereocenters. The van der Waals surface area contributed by atoms with Crippen molar-refractivity contribution in [2.24, 2.45) is 5.92 Å². The van der Waals surface area contributed by atoms with Crippen molar-refractivity contribution in [3.8, 4) is 0 Å². The molecule has 0 radical (unpaired) electrons. The van der Waals surface area contributed by atoms with E-state index in [0.717, 1.165) is 6.92 Å². The Morgan fingerprint density at radius 3 is 2.16 bits per heavy atom. The van der Waals surface area contributed by atoms with E-state index in [-0.39, 0.29) is 34.0 Å². The van der Waals surface area contributed by atoms with Gasteiger partial charge in [-0.25, -0.2) is 4.79 Å². The van der Waals surface area contributed by atoms with Crippen LogP contribution in [0.25, 0.3) is 0 Å². The number of amides is 1. The number of ether oxygens (including phenoxy) is 1. The molecule has 2 unspecified atom stereocenters. The van der Waals surface area contributed by atoms with Gasteiger partial charge in [-0.05, 0) is 73.8 Å². The van der Waals surface area contributed by atoms with Crippen LogP contribution in [0.1, 0.15) is 6.92 Å². The Balaban J connectivity index is 0. The van der Waals surface area contributed by atoms with E-state index in [0.29, 0.717) is 3.58 Å². The quantitative estimate of drug-likeness (QED) is 0.172. The van der Waals surface area contributed by atoms with E-state index >= 15 is 0 Å². The number of esters is 1. The highest BCUT2D eigenvalue weighted by molar-refractivity contribution is 14.1. The number of halogens is 5. The smallest absolute Gasteiger partial charge is 0.337 e. The van der Waals surface area contributed by atoms with Crippen LogP contribution in [0.2, 0.25) is 0 Å². The molecule has 1 aliphatic rings. The van der Waals surface area contributed by atoms with Crippen LogP contribution >= 0.6 is 92.6 Å². The minimum absolute atomic E-state index is 0. The molecule has 1 rings (SSSR count). The number of hydrogen-bond acceptors (Lipinski definition) is 5. The lowest BCUT2D eigenvalue weighted by atomic mass is 9.91. The summed E-state index contributed by atoms with van der Waals surface area (Å²) in [5.41, 5.74) is -0.111. The molecule has 0 aromatic rings. The average Bonchev–Trinajstić information content (AvgIpc) is 2.33. The summed E-state index contributed by atoms with van der Waals surface area (Å²) in [6.45, 7) is 0.588. The van der Waals surface area contributed by atoms with Gasteiger partial charge in [0.05, 0.1) is 5.57 Å². The third-order valence-corrected chi connectivity index (χ3v) is 5.90. The van der Waals surface area contributed by atoms with Crippen molar-refractivity contribution in [1.29, 1.82) is 0 Å². The third-order valence-electron chi connectivity index (χ3n) is 2.69. The van der Waals surface area contributed by atoms with Crippen LogP contribution in [0.4, 0.5) is 0 Å². The molecule has 0 saturated carbocycles. The van der Waals surface area contributed by atoms with Crippen LogP contribution in [-0.2, 0) is 23.9 Å². The zero-order chi connectivity index (χ0) is 17.9. The van der Waals surface area contributed by atoms with E-state index in [2.05, 4.69) is 10.1 Å². The van der Waals surface area contributed by atoms with Gasteiger partial charge in [0.2, 0.25) is 0 Å². The first kappa shape index (κ1) is 27.3. The summed E-state index contributed by atoms with van der Waals surface area (Å²) in [6.07, 6.45) is 1.37. The molecule has 0 heterocycles. The molecule has 1 aliphatic carbocycles. The Hall–Kier alpha value is 0.130. The third kappa shape index (κ3) is 6.99. The Labute approximate surface area is 195 Å². The number of carboxylic acids is 2. The van der Waals surface area contributed by atoms with Gasteiger partial charge < -0.3 is 20.3 Å². The monoisotopic (exact) mass is 733 g/mol. The Kier molecular flexibility index (Phi) is 12.1. The summed E-state index contributed by atoms with van der Waals surface area (Å²) in [4.78, 5) is 45.5. The van der Waals surface area contributed by atoms with Crippen molar-refractivity contribution in [2.75, 3.05) is 6.61 Å². The van der Waals surface area contributed by atoms with Crippen molar-refractivity contribution < 1.29 is 34.1 Å². The Bertz CT molecular complexity index is 653. The van der Waals surface area contributed by atoms with E-state index in [1.807, 2.05) is 0 Å². The zero-order valence-corrected chi connectivity index (χ0v) is 20.4. The summed E-state index contributed by atoms with van der Waals surface area (Å²) in [5, 5.41) is 21.2. The van der Waals surface area contributed by atoms with Crippen LogP contribution < -0.4 is 5.32 Å². The Morgan fingerprint density at radius 1 is 1.24 bits per heavy atom. The predicted octanol–water partition coefficient (Wildman–Crippen LogP) is 2.45. The largest absolute Gasteiger partial charge is 0.481 e. The van der Waals surface area contributed by atoms with Gasteiger partial charge in [-0.2, -0.15) is 0 Å². The molecule has 0 bridgehead atoms. The lowest BCUT2D eigenvalue weighted by Crippen LogP contribution is -2.53. The van der Waals surface area contributed by atoms with Crippen molar-refractivity contribution in [2.45, 2.75) is 10.5 Å². The standard InChI is InChI=1S/C12H10I3NO7.2ClH/c1-4(17)23-3-6(18)16-12(15)2-5(13)7(10(19)20)9(14)8(12)11(21)22;;/h2,8H,3H2,1H3,(H,16,18)(H,19,20)(H,21,22);2*1H. The lowest BCUT2D eigenvalue weighted by Gasteiger charge is -2.35. The molecule has 0 spiro atoms. The topological polar surface area (TPSA) is 130 Å². The average molecular weight is 734 g/mol. The summed E-state index contributed by atoms with van der Waals surface area (Å²) >= 11 is 5.17. The molecule has 0 aromatic heterocycles. The molecule has 13 heteroatoms. The molecular formula is C12H12Cl2I3NO7. The molecule has 3 N–H and O–H groups in total. The van der Waals surface area contributed by atoms with Gasteiger partial charge in [-0.3, -0.25) is 14.4 Å². The normalized spacial score (nSPS) is 21.9. The van der Waals surface area contributed by atoms with Gasteiger partial charge in [0, 0.05) is 14.1 Å². The molecule has 1 amide bonds. The number of aliphatic carboxylic acids is 2. The number of alkyl halides is 1. The van der Waals surface area contributed by atoms with E-state index in [4.69, 9.17) is 0 Å². The van der Waals surface area contributed by atoms with Crippen LogP contribution in [-0.4, -0.2) is 44.2 Å². The van der Waals surface area contributed by atoms with Crippen molar-refractivity contribution >= 4 is 116 Å². The fourth-order valence-electron chi connectivity index (χ4n) is 1.80. The second-order valence-corrected chi connectivity index (χ2v) is 8.50. The number of nitrogens with one attached hydrogen (secondary N) is 1. The number of carbonyl (C=O) groups is 4. The maximum absolute atomic E-state index is 11.9. The molecule has 0 fully saturated rings. The molecule has 8 nitrogen and oxygen atoms in total. The van der Waals surface area contributed by atoms with Crippen molar-refractivity contribution in [3.63, 3.8) is 0 Å². The Morgan fingerprint density at radius 2 is 1.76 bits per heavy atom. The fourth-order valence-corrected chi connectivity index (χ4v) is 6.99. The van der Waals surface area contributed by atoms with E-state index in [9.17, 15) is 29.4 Å². The lowest BCUT2D eigenvalue weighted by molar-refractivity contribution is -0.147. The first-order valence-electron chi connectivity index (χ1n) is 5.87. The van der Waals surface area contributed by atoms with Gasteiger partial charge in [-0.1, -0.05) is 0 Å². The van der Waals surface area contributed by atoms with E-state index in [1.54, 1.807) is 67.8 Å². The highest BCUT2D eigenvalue weighted by Gasteiger charge is 2.48. The van der Waals surface area contributed by atoms with Gasteiger partial charge in [0.25, 0.3) is 5.91 Å². The minimum atomic E-state index is -1.38.